The van der Waals surface area contributed by atoms with Crippen LogP contribution in [0.3, 0.4) is 0 Å². The van der Waals surface area contributed by atoms with Crippen LogP contribution in [-0.2, 0) is 14.9 Å². The zero-order valence-electron chi connectivity index (χ0n) is 24.8. The highest BCUT2D eigenvalue weighted by atomic mass is 16.6. The summed E-state index contributed by atoms with van der Waals surface area (Å²) in [7, 11) is 3.86. The molecule has 6 rings (SSSR count). The van der Waals surface area contributed by atoms with Crippen LogP contribution in [0.15, 0.2) is 18.2 Å². The van der Waals surface area contributed by atoms with Crippen LogP contribution in [0.2, 0.25) is 0 Å². The number of nitrogens with zero attached hydrogens (tertiary/aromatic N) is 2. The number of likely N-dealkylation sites (N-methyl/N-ethyl adjacent to an activating group) is 1. The first-order chi connectivity index (χ1) is 19.6. The van der Waals surface area contributed by atoms with E-state index in [2.05, 4.69) is 70.6 Å². The molecule has 1 aliphatic carbocycles. The van der Waals surface area contributed by atoms with E-state index in [-0.39, 0.29) is 30.0 Å². The Morgan fingerprint density at radius 1 is 1.10 bits per heavy atom. The zero-order chi connectivity index (χ0) is 28.9. The second-order valence-corrected chi connectivity index (χ2v) is 13.4. The summed E-state index contributed by atoms with van der Waals surface area (Å²) in [6.07, 6.45) is 1.67. The van der Waals surface area contributed by atoms with E-state index in [0.717, 1.165) is 19.3 Å². The minimum Gasteiger partial charge on any atom is -0.387 e. The van der Waals surface area contributed by atoms with Gasteiger partial charge in [-0.1, -0.05) is 19.9 Å². The van der Waals surface area contributed by atoms with Gasteiger partial charge in [0, 0.05) is 31.8 Å². The van der Waals surface area contributed by atoms with Gasteiger partial charge in [0.15, 0.2) is 0 Å². The van der Waals surface area contributed by atoms with Gasteiger partial charge in [0.2, 0.25) is 0 Å². The predicted molar refractivity (Wildman–Crippen MR) is 158 cm³/mol. The summed E-state index contributed by atoms with van der Waals surface area (Å²) in [5.74, 6) is 0.696. The van der Waals surface area contributed by atoms with Gasteiger partial charge < -0.3 is 41.0 Å². The van der Waals surface area contributed by atoms with Gasteiger partial charge in [-0.15, -0.1) is 0 Å². The highest BCUT2D eigenvalue weighted by molar-refractivity contribution is 5.75. The number of fused-ring (bicyclic) bond motifs is 2. The fourth-order valence-electron chi connectivity index (χ4n) is 7.35. The van der Waals surface area contributed by atoms with Gasteiger partial charge in [-0.2, -0.15) is 0 Å². The molecule has 4 heterocycles. The van der Waals surface area contributed by atoms with Crippen molar-refractivity contribution in [1.82, 2.24) is 25.8 Å². The first-order valence-corrected chi connectivity index (χ1v) is 15.2. The van der Waals surface area contributed by atoms with Crippen molar-refractivity contribution in [2.75, 3.05) is 51.3 Å². The molecule has 1 aromatic rings. The topological polar surface area (TPSA) is 152 Å². The van der Waals surface area contributed by atoms with Crippen molar-refractivity contribution in [2.45, 2.75) is 100 Å². The standard InChI is InChI=1S/C29H50N8O4/c1-29(2,13-40-4)17-6-7-19-20(11-17)35-22(34-19)8-5-16-9-18(10-16)36(3)12-21-24(38)25(39)28(41-21)37-15-33-23-26(30)31-14-32-27(23)37/h6-7,11,16,18,21-28,31-35,38-39H,5,8-10,12-15,30H2,1-4H3/t16?,18?,21-,22?,23?,24-,25-,26?,27?,28-/m1/s1. The third kappa shape index (κ3) is 5.84. The molecule has 230 valence electrons. The summed E-state index contributed by atoms with van der Waals surface area (Å²) in [5.41, 5.74) is 9.80. The average Bonchev–Trinajstić information content (AvgIpc) is 3.60. The Balaban J connectivity index is 0.936. The molecule has 4 unspecified atom stereocenters. The Morgan fingerprint density at radius 2 is 1.88 bits per heavy atom. The number of nitrogens with one attached hydrogen (secondary N) is 5. The lowest BCUT2D eigenvalue weighted by molar-refractivity contribution is -0.108. The molecule has 0 radical (unpaired) electrons. The SMILES string of the molecule is COCC(C)(C)c1ccc2c(c1)NC(CCC1CC(N(C)C[C@H]3O[C@@H](N4CNC5C(N)NCNC54)[C@H](O)[C@@H]3O)C1)N2. The second-order valence-electron chi connectivity index (χ2n) is 13.4. The van der Waals surface area contributed by atoms with Gasteiger partial charge in [-0.25, -0.2) is 4.90 Å². The molecule has 0 amide bonds. The Hall–Kier alpha value is -1.58. The summed E-state index contributed by atoms with van der Waals surface area (Å²) in [5, 5.41) is 39.0. The van der Waals surface area contributed by atoms with Crippen molar-refractivity contribution < 1.29 is 19.7 Å². The number of rotatable bonds is 10. The Bertz CT molecular complexity index is 1060. The Morgan fingerprint density at radius 3 is 2.66 bits per heavy atom. The van der Waals surface area contributed by atoms with Crippen molar-refractivity contribution in [3.8, 4) is 0 Å². The maximum Gasteiger partial charge on any atom is 0.142 e. The molecule has 4 fully saturated rings. The van der Waals surface area contributed by atoms with Crippen LogP contribution in [-0.4, -0.2) is 116 Å². The number of hydrogen-bond donors (Lipinski definition) is 8. The fourth-order valence-corrected chi connectivity index (χ4v) is 7.35. The van der Waals surface area contributed by atoms with E-state index in [4.69, 9.17) is 15.2 Å². The number of benzene rings is 1. The van der Waals surface area contributed by atoms with Crippen LogP contribution in [0.5, 0.6) is 0 Å². The molecule has 1 aromatic carbocycles. The zero-order valence-corrected chi connectivity index (χ0v) is 24.8. The van der Waals surface area contributed by atoms with Crippen LogP contribution in [0.1, 0.15) is 45.1 Å². The van der Waals surface area contributed by atoms with Gasteiger partial charge >= 0.3 is 0 Å². The van der Waals surface area contributed by atoms with Gasteiger partial charge in [-0.05, 0) is 56.3 Å². The summed E-state index contributed by atoms with van der Waals surface area (Å²) in [4.78, 5) is 4.34. The number of anilines is 2. The normalized spacial score (nSPS) is 38.8. The van der Waals surface area contributed by atoms with Gasteiger partial charge in [-0.3, -0.25) is 16.0 Å². The van der Waals surface area contributed by atoms with Crippen molar-refractivity contribution in [2.24, 2.45) is 11.7 Å². The molecular weight excluding hydrogens is 524 g/mol. The fraction of sp³-hybridized carbons (Fsp3) is 0.793. The summed E-state index contributed by atoms with van der Waals surface area (Å²) in [6, 6.07) is 7.13. The average molecular weight is 575 g/mol. The molecular formula is C29H50N8O4. The third-order valence-electron chi connectivity index (χ3n) is 10.0. The molecule has 0 spiro atoms. The quantitative estimate of drug-likeness (QED) is 0.185. The lowest BCUT2D eigenvalue weighted by Gasteiger charge is -2.42. The number of aliphatic hydroxyl groups excluding tert-OH is 2. The van der Waals surface area contributed by atoms with E-state index in [1.54, 1.807) is 7.11 Å². The maximum absolute atomic E-state index is 10.9. The highest BCUT2D eigenvalue weighted by Gasteiger charge is 2.52. The van der Waals surface area contributed by atoms with Crippen molar-refractivity contribution in [3.63, 3.8) is 0 Å². The van der Waals surface area contributed by atoms with Crippen molar-refractivity contribution in [1.29, 1.82) is 0 Å². The minimum atomic E-state index is -0.964. The van der Waals surface area contributed by atoms with Crippen LogP contribution < -0.4 is 32.3 Å². The lowest BCUT2D eigenvalue weighted by atomic mass is 9.76. The molecule has 0 bridgehead atoms. The largest absolute Gasteiger partial charge is 0.387 e. The Kier molecular flexibility index (Phi) is 8.51. The molecule has 9 N–H and O–H groups in total. The molecule has 1 saturated carbocycles. The summed E-state index contributed by atoms with van der Waals surface area (Å²) < 4.78 is 11.7. The van der Waals surface area contributed by atoms with E-state index >= 15 is 0 Å². The van der Waals surface area contributed by atoms with Crippen molar-refractivity contribution >= 4 is 11.4 Å². The number of methoxy groups -OCH3 is 1. The minimum absolute atomic E-state index is 0.0136. The van der Waals surface area contributed by atoms with E-state index in [9.17, 15) is 10.2 Å². The highest BCUT2D eigenvalue weighted by Crippen LogP contribution is 2.39. The van der Waals surface area contributed by atoms with Gasteiger partial charge in [0.1, 0.15) is 24.5 Å². The molecule has 3 saturated heterocycles. The van der Waals surface area contributed by atoms with Gasteiger partial charge in [0.25, 0.3) is 0 Å². The van der Waals surface area contributed by atoms with E-state index < -0.39 is 24.5 Å². The van der Waals surface area contributed by atoms with Crippen LogP contribution in [0.4, 0.5) is 11.4 Å². The van der Waals surface area contributed by atoms with E-state index in [1.165, 1.54) is 23.4 Å². The van der Waals surface area contributed by atoms with Gasteiger partial charge in [0.05, 0.1) is 49.2 Å². The number of ether oxygens (including phenoxy) is 2. The van der Waals surface area contributed by atoms with Crippen LogP contribution in [0.25, 0.3) is 0 Å². The Labute approximate surface area is 243 Å². The third-order valence-corrected chi connectivity index (χ3v) is 10.0. The van der Waals surface area contributed by atoms with Crippen LogP contribution >= 0.6 is 0 Å². The molecule has 5 aliphatic rings. The van der Waals surface area contributed by atoms with E-state index in [1.807, 2.05) is 4.90 Å². The maximum atomic E-state index is 10.9. The summed E-state index contributed by atoms with van der Waals surface area (Å²) >= 11 is 0. The number of nitrogens with two attached hydrogens (primary N) is 1. The van der Waals surface area contributed by atoms with Crippen molar-refractivity contribution in [3.05, 3.63) is 23.8 Å². The lowest BCUT2D eigenvalue weighted by Crippen LogP contribution is -2.68. The molecule has 12 heteroatoms. The molecule has 4 aliphatic heterocycles. The molecule has 41 heavy (non-hydrogen) atoms. The molecule has 8 atom stereocenters. The molecule has 12 nitrogen and oxygen atoms in total. The molecule has 0 aromatic heterocycles. The van der Waals surface area contributed by atoms with Crippen LogP contribution in [0, 0.1) is 5.92 Å². The first-order valence-electron chi connectivity index (χ1n) is 15.2. The summed E-state index contributed by atoms with van der Waals surface area (Å²) in [6.45, 7) is 6.85. The first kappa shape index (κ1) is 29.5. The smallest absolute Gasteiger partial charge is 0.142 e. The monoisotopic (exact) mass is 574 g/mol. The predicted octanol–water partition coefficient (Wildman–Crippen LogP) is -0.296. The second kappa shape index (κ2) is 11.8. The van der Waals surface area contributed by atoms with E-state index in [0.29, 0.717) is 38.4 Å². The number of aliphatic hydroxyl groups is 2. The number of hydrogen-bond acceptors (Lipinski definition) is 12.